The van der Waals surface area contributed by atoms with Gasteiger partial charge in [-0.25, -0.2) is 0 Å². The molecule has 0 bridgehead atoms. The number of benzene rings is 2. The number of para-hydroxylation sites is 1. The van der Waals surface area contributed by atoms with E-state index in [0.717, 1.165) is 11.3 Å². The minimum Gasteiger partial charge on any atom is -0.481 e. The highest BCUT2D eigenvalue weighted by atomic mass is 35.5. The second-order valence-electron chi connectivity index (χ2n) is 4.60. The highest BCUT2D eigenvalue weighted by Gasteiger charge is 2.02. The molecule has 0 aliphatic carbocycles. The van der Waals surface area contributed by atoms with Crippen molar-refractivity contribution in [3.63, 3.8) is 0 Å². The Kier molecular flexibility index (Phi) is 5.88. The molecular formula is C18H16ClNO2. The van der Waals surface area contributed by atoms with Crippen LogP contribution in [0.25, 0.3) is 0 Å². The van der Waals surface area contributed by atoms with Crippen LogP contribution in [0.15, 0.2) is 48.5 Å². The molecule has 0 aliphatic rings. The van der Waals surface area contributed by atoms with Gasteiger partial charge >= 0.3 is 0 Å². The molecular weight excluding hydrogens is 298 g/mol. The Morgan fingerprint density at radius 2 is 1.86 bits per heavy atom. The molecule has 112 valence electrons. The van der Waals surface area contributed by atoms with Crippen LogP contribution in [0.4, 0.5) is 0 Å². The lowest BCUT2D eigenvalue weighted by molar-refractivity contribution is 0.0958. The van der Waals surface area contributed by atoms with Crippen molar-refractivity contribution in [2.45, 2.75) is 6.92 Å². The Balaban J connectivity index is 1.74. The van der Waals surface area contributed by atoms with Crippen LogP contribution in [-0.4, -0.2) is 19.1 Å². The van der Waals surface area contributed by atoms with E-state index in [1.54, 1.807) is 24.3 Å². The first-order chi connectivity index (χ1) is 10.7. The van der Waals surface area contributed by atoms with Crippen molar-refractivity contribution in [1.82, 2.24) is 5.32 Å². The Labute approximate surface area is 135 Å². The molecule has 2 aromatic rings. The second-order valence-corrected chi connectivity index (χ2v) is 5.03. The van der Waals surface area contributed by atoms with Gasteiger partial charge < -0.3 is 10.1 Å². The topological polar surface area (TPSA) is 38.3 Å². The van der Waals surface area contributed by atoms with Gasteiger partial charge in [0.1, 0.15) is 12.4 Å². The standard InChI is InChI=1S/C18H16ClNO2/c1-14-6-2-3-7-17(14)22-13-5-4-12-20-18(21)15-8-10-16(19)11-9-15/h2-3,6-11H,12-13H2,1H3,(H,20,21). The van der Waals surface area contributed by atoms with Gasteiger partial charge in [0.2, 0.25) is 0 Å². The van der Waals surface area contributed by atoms with E-state index in [4.69, 9.17) is 16.3 Å². The number of aryl methyl sites for hydroxylation is 1. The van der Waals surface area contributed by atoms with Gasteiger partial charge in [0.15, 0.2) is 0 Å². The van der Waals surface area contributed by atoms with E-state index in [1.807, 2.05) is 31.2 Å². The van der Waals surface area contributed by atoms with E-state index in [1.165, 1.54) is 0 Å². The molecule has 0 fully saturated rings. The number of amides is 1. The fourth-order valence-corrected chi connectivity index (χ4v) is 1.90. The second kappa shape index (κ2) is 8.11. The maximum atomic E-state index is 11.8. The Morgan fingerprint density at radius 1 is 1.14 bits per heavy atom. The first kappa shape index (κ1) is 15.9. The number of hydrogen-bond donors (Lipinski definition) is 1. The Morgan fingerprint density at radius 3 is 2.59 bits per heavy atom. The fraction of sp³-hybridized carbons (Fsp3) is 0.167. The molecule has 1 amide bonds. The lowest BCUT2D eigenvalue weighted by Crippen LogP contribution is -2.23. The first-order valence-electron chi connectivity index (χ1n) is 6.85. The summed E-state index contributed by atoms with van der Waals surface area (Å²) in [6.07, 6.45) is 0. The quantitative estimate of drug-likeness (QED) is 0.878. The van der Waals surface area contributed by atoms with Crippen molar-refractivity contribution in [3.8, 4) is 17.6 Å². The molecule has 0 spiro atoms. The summed E-state index contributed by atoms with van der Waals surface area (Å²) in [5, 5.41) is 3.32. The largest absolute Gasteiger partial charge is 0.481 e. The molecule has 3 nitrogen and oxygen atoms in total. The zero-order valence-corrected chi connectivity index (χ0v) is 13.0. The van der Waals surface area contributed by atoms with Gasteiger partial charge in [-0.3, -0.25) is 4.79 Å². The van der Waals surface area contributed by atoms with Crippen molar-refractivity contribution in [2.75, 3.05) is 13.2 Å². The molecule has 0 aromatic heterocycles. The zero-order valence-electron chi connectivity index (χ0n) is 12.2. The van der Waals surface area contributed by atoms with Gasteiger partial charge in [-0.15, -0.1) is 0 Å². The van der Waals surface area contributed by atoms with Gasteiger partial charge in [0, 0.05) is 10.6 Å². The van der Waals surface area contributed by atoms with Crippen molar-refractivity contribution >= 4 is 17.5 Å². The predicted octanol–water partition coefficient (Wildman–Crippen LogP) is 3.46. The van der Waals surface area contributed by atoms with E-state index in [0.29, 0.717) is 17.2 Å². The maximum Gasteiger partial charge on any atom is 0.252 e. The number of carbonyl (C=O) groups excluding carboxylic acids is 1. The first-order valence-corrected chi connectivity index (χ1v) is 7.22. The summed E-state index contributed by atoms with van der Waals surface area (Å²) in [5.74, 6) is 6.37. The third-order valence-corrected chi connectivity index (χ3v) is 3.21. The monoisotopic (exact) mass is 313 g/mol. The summed E-state index contributed by atoms with van der Waals surface area (Å²) in [5.41, 5.74) is 1.63. The normalized spacial score (nSPS) is 9.55. The van der Waals surface area contributed by atoms with Gasteiger partial charge in [0.05, 0.1) is 6.54 Å². The van der Waals surface area contributed by atoms with E-state index in [-0.39, 0.29) is 12.5 Å². The molecule has 0 aliphatic heterocycles. The van der Waals surface area contributed by atoms with Crippen molar-refractivity contribution < 1.29 is 9.53 Å². The van der Waals surface area contributed by atoms with Crippen LogP contribution < -0.4 is 10.1 Å². The lowest BCUT2D eigenvalue weighted by atomic mass is 10.2. The van der Waals surface area contributed by atoms with E-state index >= 15 is 0 Å². The van der Waals surface area contributed by atoms with E-state index in [2.05, 4.69) is 17.2 Å². The molecule has 0 heterocycles. The van der Waals surface area contributed by atoms with Crippen molar-refractivity contribution in [2.24, 2.45) is 0 Å². The summed E-state index contributed by atoms with van der Waals surface area (Å²) < 4.78 is 5.54. The van der Waals surface area contributed by atoms with Gasteiger partial charge in [0.25, 0.3) is 5.91 Å². The third-order valence-electron chi connectivity index (χ3n) is 2.96. The summed E-state index contributed by atoms with van der Waals surface area (Å²) in [6.45, 7) is 2.55. The summed E-state index contributed by atoms with van der Waals surface area (Å²) in [7, 11) is 0. The molecule has 1 N–H and O–H groups in total. The highest BCUT2D eigenvalue weighted by molar-refractivity contribution is 6.30. The van der Waals surface area contributed by atoms with Crippen LogP contribution in [0.3, 0.4) is 0 Å². The number of nitrogens with one attached hydrogen (secondary N) is 1. The molecule has 2 rings (SSSR count). The molecule has 4 heteroatoms. The average molecular weight is 314 g/mol. The number of ether oxygens (including phenoxy) is 1. The SMILES string of the molecule is Cc1ccccc1OCC#CCNC(=O)c1ccc(Cl)cc1. The summed E-state index contributed by atoms with van der Waals surface area (Å²) >= 11 is 5.77. The van der Waals surface area contributed by atoms with E-state index in [9.17, 15) is 4.79 Å². The molecule has 0 saturated heterocycles. The Bertz CT molecular complexity index is 699. The minimum absolute atomic E-state index is 0.175. The van der Waals surface area contributed by atoms with Crippen molar-refractivity contribution in [1.29, 1.82) is 0 Å². The molecule has 0 saturated carbocycles. The van der Waals surface area contributed by atoms with Gasteiger partial charge in [-0.1, -0.05) is 41.6 Å². The number of hydrogen-bond acceptors (Lipinski definition) is 2. The Hall–Kier alpha value is -2.44. The molecule has 0 atom stereocenters. The third kappa shape index (κ3) is 4.83. The molecule has 2 aromatic carbocycles. The highest BCUT2D eigenvalue weighted by Crippen LogP contribution is 2.15. The van der Waals surface area contributed by atoms with Gasteiger partial charge in [-0.2, -0.15) is 0 Å². The molecule has 0 unspecified atom stereocenters. The lowest BCUT2D eigenvalue weighted by Gasteiger charge is -2.04. The van der Waals surface area contributed by atoms with Crippen LogP contribution in [-0.2, 0) is 0 Å². The zero-order chi connectivity index (χ0) is 15.8. The van der Waals surface area contributed by atoms with Crippen molar-refractivity contribution in [3.05, 3.63) is 64.7 Å². The number of carbonyl (C=O) groups is 1. The van der Waals surface area contributed by atoms with Crippen LogP contribution in [0.5, 0.6) is 5.75 Å². The summed E-state index contributed by atoms with van der Waals surface area (Å²) in [6, 6.07) is 14.5. The van der Waals surface area contributed by atoms with Crippen LogP contribution in [0.1, 0.15) is 15.9 Å². The average Bonchev–Trinajstić information content (AvgIpc) is 2.53. The van der Waals surface area contributed by atoms with Crippen LogP contribution >= 0.6 is 11.6 Å². The molecule has 0 radical (unpaired) electrons. The van der Waals surface area contributed by atoms with Crippen LogP contribution in [0, 0.1) is 18.8 Å². The minimum atomic E-state index is -0.175. The predicted molar refractivity (Wildman–Crippen MR) is 88.2 cm³/mol. The smallest absolute Gasteiger partial charge is 0.252 e. The van der Waals surface area contributed by atoms with Crippen LogP contribution in [0.2, 0.25) is 5.02 Å². The number of rotatable bonds is 4. The van der Waals surface area contributed by atoms with E-state index < -0.39 is 0 Å². The van der Waals surface area contributed by atoms with Gasteiger partial charge in [-0.05, 0) is 42.8 Å². The fourth-order valence-electron chi connectivity index (χ4n) is 1.77. The maximum absolute atomic E-state index is 11.8. The number of halogens is 1. The summed E-state index contributed by atoms with van der Waals surface area (Å²) in [4.78, 5) is 11.8. The molecule has 22 heavy (non-hydrogen) atoms.